The minimum Gasteiger partial charge on any atom is -0.285 e. The molecule has 0 fully saturated rings. The number of hydrogen-bond donors (Lipinski definition) is 0. The van der Waals surface area contributed by atoms with Crippen molar-refractivity contribution in [2.45, 2.75) is 0 Å². The maximum Gasteiger partial charge on any atom is 0.241 e. The number of nitrogens with zero attached hydrogens (tertiary/aromatic N) is 6. The van der Waals surface area contributed by atoms with E-state index in [1.807, 2.05) is 0 Å². The van der Waals surface area contributed by atoms with E-state index in [2.05, 4.69) is 244 Å². The third-order valence-corrected chi connectivity index (χ3v) is 12.8. The highest BCUT2D eigenvalue weighted by Crippen LogP contribution is 2.38. The molecule has 4 heterocycles. The van der Waals surface area contributed by atoms with Gasteiger partial charge in [0.2, 0.25) is 17.8 Å². The minimum atomic E-state index is 0.527. The summed E-state index contributed by atoms with van der Waals surface area (Å²) in [5, 5.41) is 5.68. The van der Waals surface area contributed by atoms with Gasteiger partial charge in [0.1, 0.15) is 0 Å². The van der Waals surface area contributed by atoms with Crippen molar-refractivity contribution in [2.75, 3.05) is 0 Å². The number of fused-ring (bicyclic) bond motifs is 7. The van der Waals surface area contributed by atoms with Gasteiger partial charge in [0.15, 0.2) is 0 Å². The molecular weight excluding hydrogens is 793 g/mol. The van der Waals surface area contributed by atoms with Crippen molar-refractivity contribution in [1.82, 2.24) is 28.7 Å². The summed E-state index contributed by atoms with van der Waals surface area (Å²) in [6.07, 6.45) is 2.18. The Kier molecular flexibility index (Phi) is 8.42. The van der Waals surface area contributed by atoms with E-state index >= 15 is 0 Å². The summed E-state index contributed by atoms with van der Waals surface area (Å²) in [5.41, 5.74) is 14.4. The van der Waals surface area contributed by atoms with Gasteiger partial charge >= 0.3 is 0 Å². The summed E-state index contributed by atoms with van der Waals surface area (Å²) in [4.78, 5) is 16.1. The standard InChI is InChI=1S/C59H38N6/c1-3-17-39(18-4-1)43-35-44(40-19-5-2-6-20-40)37-45(36-43)41-31-33-42(34-32-41)51-38-63(52-26-12-7-25-50(51)52)57-60-58(64-53-27-13-8-21-46(53)47-22-9-14-28-54(47)64)62-59(61-57)65-55-29-15-10-23-48(55)49-24-11-16-30-56(49)65/h1-38H. The highest BCUT2D eigenvalue weighted by Gasteiger charge is 2.22. The van der Waals surface area contributed by atoms with Gasteiger partial charge in [-0.1, -0.05) is 176 Å². The molecule has 0 spiro atoms. The lowest BCUT2D eigenvalue weighted by molar-refractivity contribution is 0.840. The van der Waals surface area contributed by atoms with E-state index in [9.17, 15) is 0 Å². The van der Waals surface area contributed by atoms with Crippen LogP contribution in [0.25, 0.3) is 117 Å². The summed E-state index contributed by atoms with van der Waals surface area (Å²) < 4.78 is 6.48. The summed E-state index contributed by atoms with van der Waals surface area (Å²) in [6.45, 7) is 0. The lowest BCUT2D eigenvalue weighted by Gasteiger charge is -2.13. The lowest BCUT2D eigenvalue weighted by Crippen LogP contribution is -2.13. The van der Waals surface area contributed by atoms with Crippen LogP contribution in [0.3, 0.4) is 0 Å². The Morgan fingerprint density at radius 1 is 0.246 bits per heavy atom. The molecular formula is C59H38N6. The molecule has 0 aliphatic heterocycles. The Labute approximate surface area is 374 Å². The van der Waals surface area contributed by atoms with Crippen molar-refractivity contribution >= 4 is 54.5 Å². The van der Waals surface area contributed by atoms with Crippen LogP contribution in [0.15, 0.2) is 231 Å². The average Bonchev–Trinajstić information content (AvgIpc) is 4.05. The van der Waals surface area contributed by atoms with Gasteiger partial charge in [-0.3, -0.25) is 13.7 Å². The summed E-state index contributed by atoms with van der Waals surface area (Å²) >= 11 is 0. The molecule has 0 aliphatic carbocycles. The highest BCUT2D eigenvalue weighted by atomic mass is 15.3. The van der Waals surface area contributed by atoms with Gasteiger partial charge < -0.3 is 0 Å². The largest absolute Gasteiger partial charge is 0.285 e. The Hall–Kier alpha value is -8.87. The van der Waals surface area contributed by atoms with E-state index in [0.29, 0.717) is 17.8 Å². The Morgan fingerprint density at radius 2 is 0.569 bits per heavy atom. The van der Waals surface area contributed by atoms with Gasteiger partial charge in [-0.2, -0.15) is 15.0 Å². The zero-order chi connectivity index (χ0) is 42.8. The molecule has 13 aromatic rings. The second-order valence-corrected chi connectivity index (χ2v) is 16.5. The summed E-state index contributed by atoms with van der Waals surface area (Å²) in [7, 11) is 0. The van der Waals surface area contributed by atoms with E-state index in [4.69, 9.17) is 15.0 Å². The highest BCUT2D eigenvalue weighted by molar-refractivity contribution is 6.10. The molecule has 0 atom stereocenters. The van der Waals surface area contributed by atoms with Crippen LogP contribution in [0.5, 0.6) is 0 Å². The van der Waals surface area contributed by atoms with E-state index in [0.717, 1.165) is 71.2 Å². The second-order valence-electron chi connectivity index (χ2n) is 16.5. The first-order valence-electron chi connectivity index (χ1n) is 21.9. The first-order valence-corrected chi connectivity index (χ1v) is 21.9. The van der Waals surface area contributed by atoms with Crippen LogP contribution < -0.4 is 0 Å². The normalized spacial score (nSPS) is 11.7. The van der Waals surface area contributed by atoms with E-state index in [1.165, 1.54) is 27.8 Å². The van der Waals surface area contributed by atoms with Crippen molar-refractivity contribution < 1.29 is 0 Å². The van der Waals surface area contributed by atoms with Crippen molar-refractivity contribution in [3.8, 4) is 62.4 Å². The third-order valence-electron chi connectivity index (χ3n) is 12.8. The molecule has 0 N–H and O–H groups in total. The molecule has 304 valence electrons. The molecule has 0 aliphatic rings. The molecule has 9 aromatic carbocycles. The molecule has 0 saturated heterocycles. The van der Waals surface area contributed by atoms with E-state index in [1.54, 1.807) is 0 Å². The second kappa shape index (κ2) is 14.9. The maximum absolute atomic E-state index is 5.38. The number of rotatable bonds is 7. The SMILES string of the molecule is c1ccc(-c2cc(-c3ccccc3)cc(-c3ccc(-c4cn(-c5nc(-n6c7ccccc7c7ccccc76)nc(-n6c7ccccc7c7ccccc76)n5)c5ccccc45)cc3)c2)cc1. The number of aromatic nitrogens is 6. The van der Waals surface area contributed by atoms with E-state index < -0.39 is 0 Å². The van der Waals surface area contributed by atoms with Gasteiger partial charge in [0.05, 0.1) is 27.6 Å². The van der Waals surface area contributed by atoms with Gasteiger partial charge in [0.25, 0.3) is 0 Å². The zero-order valence-electron chi connectivity index (χ0n) is 35.1. The topological polar surface area (TPSA) is 53.5 Å². The van der Waals surface area contributed by atoms with Crippen LogP contribution in [0.4, 0.5) is 0 Å². The molecule has 0 saturated carbocycles. The fourth-order valence-electron chi connectivity index (χ4n) is 9.73. The first-order chi connectivity index (χ1) is 32.2. The maximum atomic E-state index is 5.38. The third kappa shape index (κ3) is 6.07. The first kappa shape index (κ1) is 36.8. The molecule has 0 bridgehead atoms. The molecule has 0 amide bonds. The van der Waals surface area contributed by atoms with Crippen molar-refractivity contribution in [3.05, 3.63) is 231 Å². The molecule has 0 radical (unpaired) electrons. The smallest absolute Gasteiger partial charge is 0.241 e. The summed E-state index contributed by atoms with van der Waals surface area (Å²) in [5.74, 6) is 1.61. The number of hydrogen-bond acceptors (Lipinski definition) is 3. The molecule has 4 aromatic heterocycles. The van der Waals surface area contributed by atoms with Crippen LogP contribution in [0, 0.1) is 0 Å². The van der Waals surface area contributed by atoms with Crippen LogP contribution in [-0.2, 0) is 0 Å². The van der Waals surface area contributed by atoms with E-state index in [-0.39, 0.29) is 0 Å². The fourth-order valence-corrected chi connectivity index (χ4v) is 9.73. The predicted molar refractivity (Wildman–Crippen MR) is 267 cm³/mol. The molecule has 65 heavy (non-hydrogen) atoms. The molecule has 0 unspecified atom stereocenters. The monoisotopic (exact) mass is 830 g/mol. The quantitative estimate of drug-likeness (QED) is 0.161. The zero-order valence-corrected chi connectivity index (χ0v) is 35.1. The fraction of sp³-hybridized carbons (Fsp3) is 0. The minimum absolute atomic E-state index is 0.527. The Balaban J connectivity index is 0.996. The molecule has 6 heteroatoms. The van der Waals surface area contributed by atoms with Crippen LogP contribution in [0.1, 0.15) is 0 Å². The van der Waals surface area contributed by atoms with Gasteiger partial charge in [-0.25, -0.2) is 0 Å². The van der Waals surface area contributed by atoms with Crippen LogP contribution in [-0.4, -0.2) is 28.7 Å². The predicted octanol–water partition coefficient (Wildman–Crippen LogP) is 14.7. The van der Waals surface area contributed by atoms with Crippen molar-refractivity contribution in [3.63, 3.8) is 0 Å². The lowest BCUT2D eigenvalue weighted by atomic mass is 9.92. The Bertz CT molecular complexity index is 3640. The van der Waals surface area contributed by atoms with Crippen molar-refractivity contribution in [2.24, 2.45) is 0 Å². The number of benzene rings is 9. The van der Waals surface area contributed by atoms with Crippen molar-refractivity contribution in [1.29, 1.82) is 0 Å². The molecule has 6 nitrogen and oxygen atoms in total. The van der Waals surface area contributed by atoms with Crippen LogP contribution in [0.2, 0.25) is 0 Å². The van der Waals surface area contributed by atoms with Crippen LogP contribution >= 0.6 is 0 Å². The average molecular weight is 831 g/mol. The summed E-state index contributed by atoms with van der Waals surface area (Å²) in [6, 6.07) is 79.5. The number of para-hydroxylation sites is 5. The van der Waals surface area contributed by atoms with Gasteiger partial charge in [0, 0.05) is 38.7 Å². The molecule has 13 rings (SSSR count). The van der Waals surface area contributed by atoms with Gasteiger partial charge in [-0.05, 0) is 87.5 Å². The van der Waals surface area contributed by atoms with Gasteiger partial charge in [-0.15, -0.1) is 0 Å². The Morgan fingerprint density at radius 3 is 1.00 bits per heavy atom.